The molecule has 0 aliphatic carbocycles. The molecule has 122 valence electrons. The van der Waals surface area contributed by atoms with E-state index < -0.39 is 0 Å². The van der Waals surface area contributed by atoms with Crippen molar-refractivity contribution < 1.29 is 0 Å². The number of nitrogens with one attached hydrogen (secondary N) is 1. The normalized spacial score (nSPS) is 11.4. The van der Waals surface area contributed by atoms with E-state index in [1.165, 1.54) is 0 Å². The lowest BCUT2D eigenvalue weighted by molar-refractivity contribution is 0.634. The molecule has 3 aromatic rings. The van der Waals surface area contributed by atoms with Gasteiger partial charge in [0.1, 0.15) is 16.9 Å². The van der Waals surface area contributed by atoms with Crippen LogP contribution in [0.4, 0.5) is 11.5 Å². The third-order valence-electron chi connectivity index (χ3n) is 4.09. The highest BCUT2D eigenvalue weighted by Crippen LogP contribution is 2.29. The number of rotatable bonds is 4. The predicted molar refractivity (Wildman–Crippen MR) is 91.1 cm³/mol. The Balaban J connectivity index is 2.19. The Hall–Kier alpha value is -2.44. The summed E-state index contributed by atoms with van der Waals surface area (Å²) >= 11 is 0. The van der Waals surface area contributed by atoms with Gasteiger partial charge in [0.05, 0.1) is 22.8 Å². The van der Waals surface area contributed by atoms with Crippen molar-refractivity contribution in [2.24, 2.45) is 0 Å². The summed E-state index contributed by atoms with van der Waals surface area (Å²) in [6.07, 6.45) is 0. The predicted octanol–water partition coefficient (Wildman–Crippen LogP) is 3.04. The van der Waals surface area contributed by atoms with Crippen molar-refractivity contribution >= 4 is 22.5 Å². The average Bonchev–Trinajstić information content (AvgIpc) is 2.98. The van der Waals surface area contributed by atoms with Crippen LogP contribution < -0.4 is 5.32 Å². The van der Waals surface area contributed by atoms with Gasteiger partial charge >= 0.3 is 0 Å². The maximum atomic E-state index is 4.62. The van der Waals surface area contributed by atoms with E-state index in [9.17, 15) is 0 Å². The van der Waals surface area contributed by atoms with Gasteiger partial charge in [0, 0.05) is 13.1 Å². The second-order valence-electron chi connectivity index (χ2n) is 5.70. The van der Waals surface area contributed by atoms with Crippen molar-refractivity contribution in [2.75, 3.05) is 5.32 Å². The lowest BCUT2D eigenvalue weighted by Crippen LogP contribution is -2.05. The third-order valence-corrected chi connectivity index (χ3v) is 4.09. The topological polar surface area (TPSA) is 73.5 Å². The molecule has 3 heterocycles. The summed E-state index contributed by atoms with van der Waals surface area (Å²) in [5.41, 5.74) is 5.85. The number of hydrogen-bond donors (Lipinski definition) is 1. The molecule has 7 heteroatoms. The Labute approximate surface area is 135 Å². The van der Waals surface area contributed by atoms with Crippen LogP contribution in [0.5, 0.6) is 0 Å². The average molecular weight is 313 g/mol. The molecular formula is C16H23N7. The smallest absolute Gasteiger partial charge is 0.160 e. The highest BCUT2D eigenvalue weighted by molar-refractivity contribution is 5.89. The van der Waals surface area contributed by atoms with E-state index in [1.807, 2.05) is 30.1 Å². The lowest BCUT2D eigenvalue weighted by atomic mass is 10.3. The molecule has 7 nitrogen and oxygen atoms in total. The van der Waals surface area contributed by atoms with E-state index >= 15 is 0 Å². The number of aromatic nitrogens is 6. The largest absolute Gasteiger partial charge is 0.335 e. The summed E-state index contributed by atoms with van der Waals surface area (Å²) in [5, 5.41) is 12.6. The fourth-order valence-electron chi connectivity index (χ4n) is 2.96. The van der Waals surface area contributed by atoms with Gasteiger partial charge < -0.3 is 5.32 Å². The summed E-state index contributed by atoms with van der Waals surface area (Å²) < 4.78 is 3.94. The molecule has 0 saturated carbocycles. The lowest BCUT2D eigenvalue weighted by Gasteiger charge is -2.10. The van der Waals surface area contributed by atoms with Gasteiger partial charge in [-0.05, 0) is 41.5 Å². The summed E-state index contributed by atoms with van der Waals surface area (Å²) in [7, 11) is 0. The van der Waals surface area contributed by atoms with Crippen LogP contribution >= 0.6 is 0 Å². The van der Waals surface area contributed by atoms with Gasteiger partial charge in [-0.15, -0.1) is 0 Å². The number of hydrogen-bond acceptors (Lipinski definition) is 5. The minimum atomic E-state index is 0.733. The minimum absolute atomic E-state index is 0.733. The first-order chi connectivity index (χ1) is 11.0. The molecule has 1 N–H and O–H groups in total. The van der Waals surface area contributed by atoms with Crippen LogP contribution in [0.3, 0.4) is 0 Å². The van der Waals surface area contributed by atoms with E-state index in [1.54, 1.807) is 0 Å². The molecule has 0 aromatic carbocycles. The number of anilines is 2. The van der Waals surface area contributed by atoms with Gasteiger partial charge in [-0.1, -0.05) is 0 Å². The van der Waals surface area contributed by atoms with Gasteiger partial charge in [0.25, 0.3) is 0 Å². The fourth-order valence-corrected chi connectivity index (χ4v) is 2.96. The summed E-state index contributed by atoms with van der Waals surface area (Å²) in [6.45, 7) is 13.7. The first kappa shape index (κ1) is 15.5. The second-order valence-corrected chi connectivity index (χ2v) is 5.70. The summed E-state index contributed by atoms with van der Waals surface area (Å²) in [6, 6.07) is 0. The van der Waals surface area contributed by atoms with E-state index in [4.69, 9.17) is 0 Å². The Morgan fingerprint density at radius 1 is 0.870 bits per heavy atom. The Morgan fingerprint density at radius 2 is 1.52 bits per heavy atom. The summed E-state index contributed by atoms with van der Waals surface area (Å²) in [4.78, 5) is 9.17. The minimum Gasteiger partial charge on any atom is -0.335 e. The maximum absolute atomic E-state index is 4.62. The standard InChI is InChI=1S/C16H23N7/c1-7-22-11(5)13(9(3)20-22)19-16-15-14(17-12(6)18-16)10(4)21-23(15)8-2/h7-8H2,1-6H3,(H,17,18,19). The van der Waals surface area contributed by atoms with Gasteiger partial charge in [-0.3, -0.25) is 9.36 Å². The van der Waals surface area contributed by atoms with Crippen molar-refractivity contribution in [3.8, 4) is 0 Å². The fraction of sp³-hybridized carbons (Fsp3) is 0.500. The van der Waals surface area contributed by atoms with Crippen molar-refractivity contribution in [3.63, 3.8) is 0 Å². The van der Waals surface area contributed by atoms with Crippen LogP contribution in [-0.4, -0.2) is 29.5 Å². The molecule has 0 atom stereocenters. The van der Waals surface area contributed by atoms with Crippen molar-refractivity contribution in [1.82, 2.24) is 29.5 Å². The van der Waals surface area contributed by atoms with Crippen LogP contribution in [0.25, 0.3) is 11.0 Å². The molecule has 0 aliphatic rings. The molecule has 0 aliphatic heterocycles. The molecule has 0 unspecified atom stereocenters. The van der Waals surface area contributed by atoms with Gasteiger partial charge in [0.15, 0.2) is 5.82 Å². The van der Waals surface area contributed by atoms with Crippen LogP contribution in [0.15, 0.2) is 0 Å². The molecule has 0 amide bonds. The van der Waals surface area contributed by atoms with Crippen LogP contribution in [-0.2, 0) is 13.1 Å². The highest BCUT2D eigenvalue weighted by atomic mass is 15.3. The van der Waals surface area contributed by atoms with E-state index in [0.717, 1.165) is 58.5 Å². The Bertz CT molecular complexity index is 873. The first-order valence-corrected chi connectivity index (χ1v) is 7.99. The monoisotopic (exact) mass is 313 g/mol. The molecule has 0 saturated heterocycles. The van der Waals surface area contributed by atoms with Gasteiger partial charge in [0.2, 0.25) is 0 Å². The zero-order valence-electron chi connectivity index (χ0n) is 14.6. The van der Waals surface area contributed by atoms with E-state index in [0.29, 0.717) is 0 Å². The molecule has 0 radical (unpaired) electrons. The molecule has 0 spiro atoms. The van der Waals surface area contributed by atoms with Crippen molar-refractivity contribution in [1.29, 1.82) is 0 Å². The third kappa shape index (κ3) is 2.46. The quantitative estimate of drug-likeness (QED) is 0.801. The molecule has 23 heavy (non-hydrogen) atoms. The zero-order valence-corrected chi connectivity index (χ0v) is 14.6. The number of aryl methyl sites for hydroxylation is 5. The van der Waals surface area contributed by atoms with Gasteiger partial charge in [-0.2, -0.15) is 10.2 Å². The second kappa shape index (κ2) is 5.64. The van der Waals surface area contributed by atoms with Crippen molar-refractivity contribution in [3.05, 3.63) is 22.9 Å². The number of nitrogens with zero attached hydrogens (tertiary/aromatic N) is 6. The maximum Gasteiger partial charge on any atom is 0.160 e. The zero-order chi connectivity index (χ0) is 16.7. The Kier molecular flexibility index (Phi) is 3.79. The molecule has 0 bridgehead atoms. The Morgan fingerprint density at radius 3 is 2.13 bits per heavy atom. The van der Waals surface area contributed by atoms with E-state index in [-0.39, 0.29) is 0 Å². The highest BCUT2D eigenvalue weighted by Gasteiger charge is 2.18. The molecular weight excluding hydrogens is 290 g/mol. The number of fused-ring (bicyclic) bond motifs is 1. The molecule has 3 rings (SSSR count). The van der Waals surface area contributed by atoms with Crippen LogP contribution in [0.1, 0.15) is 36.8 Å². The first-order valence-electron chi connectivity index (χ1n) is 7.99. The van der Waals surface area contributed by atoms with Crippen LogP contribution in [0, 0.1) is 27.7 Å². The van der Waals surface area contributed by atoms with E-state index in [2.05, 4.69) is 46.3 Å². The van der Waals surface area contributed by atoms with Crippen LogP contribution in [0.2, 0.25) is 0 Å². The van der Waals surface area contributed by atoms with Gasteiger partial charge in [-0.25, -0.2) is 9.97 Å². The van der Waals surface area contributed by atoms with Crippen molar-refractivity contribution in [2.45, 2.75) is 54.6 Å². The SMILES string of the molecule is CCn1nc(C)c(Nc2nc(C)nc3c(C)nn(CC)c23)c1C. The molecule has 3 aromatic heterocycles. The summed E-state index contributed by atoms with van der Waals surface area (Å²) in [5.74, 6) is 1.52. The molecule has 0 fully saturated rings.